The standard InChI is InChI=1S/C21H22N2O3/c1-3-26-20(25)21-13-12-17(15-10-8-14(2)9-11-15)23(21)18-7-5-4-6-16(18)19(24)22-21/h4-11,17H,3,12-13H2,1-2H3,(H,22,24)/t17-,21+/m0/s1. The van der Waals surface area contributed by atoms with Crippen LogP contribution in [0.25, 0.3) is 0 Å². The Kier molecular flexibility index (Phi) is 3.94. The fourth-order valence-electron chi connectivity index (χ4n) is 4.09. The van der Waals surface area contributed by atoms with Gasteiger partial charge in [-0.25, -0.2) is 4.79 Å². The second-order valence-electron chi connectivity index (χ2n) is 6.89. The molecule has 2 atom stereocenters. The molecular weight excluding hydrogens is 328 g/mol. The van der Waals surface area contributed by atoms with Gasteiger partial charge in [-0.1, -0.05) is 42.0 Å². The van der Waals surface area contributed by atoms with Gasteiger partial charge in [-0.05, 0) is 38.0 Å². The van der Waals surface area contributed by atoms with Crippen molar-refractivity contribution in [1.29, 1.82) is 0 Å². The molecule has 4 rings (SSSR count). The second kappa shape index (κ2) is 6.16. The number of nitrogens with zero attached hydrogens (tertiary/aromatic N) is 1. The minimum atomic E-state index is -1.14. The fraction of sp³-hybridized carbons (Fsp3) is 0.333. The summed E-state index contributed by atoms with van der Waals surface area (Å²) in [7, 11) is 0. The third kappa shape index (κ3) is 2.38. The van der Waals surface area contributed by atoms with Crippen molar-refractivity contribution in [3.8, 4) is 0 Å². The van der Waals surface area contributed by atoms with Gasteiger partial charge in [0, 0.05) is 6.42 Å². The molecule has 0 bridgehead atoms. The molecule has 2 aliphatic heterocycles. The zero-order chi connectivity index (χ0) is 18.3. The van der Waals surface area contributed by atoms with Crippen LogP contribution in [-0.4, -0.2) is 24.1 Å². The van der Waals surface area contributed by atoms with Crippen LogP contribution >= 0.6 is 0 Å². The number of hydrogen-bond acceptors (Lipinski definition) is 4. The number of esters is 1. The number of aryl methyl sites for hydroxylation is 1. The number of para-hydroxylation sites is 1. The van der Waals surface area contributed by atoms with Crippen LogP contribution < -0.4 is 10.2 Å². The maximum Gasteiger partial charge on any atom is 0.353 e. The number of anilines is 1. The molecule has 1 amide bonds. The van der Waals surface area contributed by atoms with Crippen LogP contribution in [-0.2, 0) is 9.53 Å². The quantitative estimate of drug-likeness (QED) is 0.863. The van der Waals surface area contributed by atoms with E-state index in [4.69, 9.17) is 4.74 Å². The highest BCUT2D eigenvalue weighted by molar-refractivity contribution is 6.07. The molecule has 134 valence electrons. The lowest BCUT2D eigenvalue weighted by Gasteiger charge is -2.45. The molecule has 26 heavy (non-hydrogen) atoms. The third-order valence-electron chi connectivity index (χ3n) is 5.31. The summed E-state index contributed by atoms with van der Waals surface area (Å²) in [6.07, 6.45) is 1.28. The second-order valence-corrected chi connectivity index (χ2v) is 6.89. The smallest absolute Gasteiger partial charge is 0.353 e. The zero-order valence-corrected chi connectivity index (χ0v) is 15.0. The molecule has 2 aromatic carbocycles. The van der Waals surface area contributed by atoms with Crippen LogP contribution in [0.4, 0.5) is 5.69 Å². The minimum absolute atomic E-state index is 0.00163. The van der Waals surface area contributed by atoms with Gasteiger partial charge in [0.15, 0.2) is 0 Å². The molecule has 0 radical (unpaired) electrons. The van der Waals surface area contributed by atoms with E-state index in [0.29, 0.717) is 12.0 Å². The van der Waals surface area contributed by atoms with Gasteiger partial charge in [-0.15, -0.1) is 0 Å². The maximum absolute atomic E-state index is 12.9. The van der Waals surface area contributed by atoms with Crippen LogP contribution in [0.3, 0.4) is 0 Å². The molecule has 0 aliphatic carbocycles. The summed E-state index contributed by atoms with van der Waals surface area (Å²) in [5.41, 5.74) is 2.55. The Morgan fingerprint density at radius 3 is 2.69 bits per heavy atom. The Bertz CT molecular complexity index is 862. The molecule has 1 N–H and O–H groups in total. The highest BCUT2D eigenvalue weighted by Crippen LogP contribution is 2.48. The van der Waals surface area contributed by atoms with Gasteiger partial charge in [-0.3, -0.25) is 4.79 Å². The maximum atomic E-state index is 12.9. The molecule has 1 saturated heterocycles. The lowest BCUT2D eigenvalue weighted by molar-refractivity contribution is -0.150. The van der Waals surface area contributed by atoms with Crippen molar-refractivity contribution in [3.63, 3.8) is 0 Å². The van der Waals surface area contributed by atoms with E-state index in [2.05, 4.69) is 36.5 Å². The van der Waals surface area contributed by atoms with Crippen LogP contribution in [0.5, 0.6) is 0 Å². The number of carbonyl (C=O) groups excluding carboxylic acids is 2. The van der Waals surface area contributed by atoms with E-state index in [0.717, 1.165) is 17.7 Å². The largest absolute Gasteiger partial charge is 0.463 e. The average molecular weight is 350 g/mol. The van der Waals surface area contributed by atoms with E-state index in [1.165, 1.54) is 5.56 Å². The number of amides is 1. The molecule has 5 nitrogen and oxygen atoms in total. The van der Waals surface area contributed by atoms with Gasteiger partial charge in [-0.2, -0.15) is 0 Å². The number of benzene rings is 2. The van der Waals surface area contributed by atoms with Gasteiger partial charge in [0.1, 0.15) is 0 Å². The zero-order valence-electron chi connectivity index (χ0n) is 15.0. The molecule has 2 heterocycles. The van der Waals surface area contributed by atoms with Crippen LogP contribution in [0.2, 0.25) is 0 Å². The van der Waals surface area contributed by atoms with E-state index in [-0.39, 0.29) is 18.6 Å². The molecule has 0 saturated carbocycles. The molecule has 2 aromatic rings. The van der Waals surface area contributed by atoms with E-state index in [1.54, 1.807) is 13.0 Å². The van der Waals surface area contributed by atoms with Crippen molar-refractivity contribution in [1.82, 2.24) is 5.32 Å². The molecule has 1 fully saturated rings. The molecule has 2 aliphatic rings. The lowest BCUT2D eigenvalue weighted by Crippen LogP contribution is -2.66. The number of nitrogens with one attached hydrogen (secondary N) is 1. The summed E-state index contributed by atoms with van der Waals surface area (Å²) in [5, 5.41) is 2.96. The molecule has 0 aromatic heterocycles. The van der Waals surface area contributed by atoms with Crippen LogP contribution in [0, 0.1) is 6.92 Å². The van der Waals surface area contributed by atoms with Crippen molar-refractivity contribution in [2.75, 3.05) is 11.5 Å². The Morgan fingerprint density at radius 2 is 1.96 bits per heavy atom. The first-order valence-corrected chi connectivity index (χ1v) is 9.01. The minimum Gasteiger partial charge on any atom is -0.463 e. The first kappa shape index (κ1) is 16.6. The summed E-state index contributed by atoms with van der Waals surface area (Å²) >= 11 is 0. The third-order valence-corrected chi connectivity index (χ3v) is 5.31. The van der Waals surface area contributed by atoms with Crippen molar-refractivity contribution < 1.29 is 14.3 Å². The number of fused-ring (bicyclic) bond motifs is 3. The van der Waals surface area contributed by atoms with E-state index < -0.39 is 11.6 Å². The Hall–Kier alpha value is -2.82. The van der Waals surface area contributed by atoms with Crippen molar-refractivity contribution in [2.24, 2.45) is 0 Å². The van der Waals surface area contributed by atoms with E-state index in [9.17, 15) is 9.59 Å². The topological polar surface area (TPSA) is 58.6 Å². The highest BCUT2D eigenvalue weighted by Gasteiger charge is 2.57. The summed E-state index contributed by atoms with van der Waals surface area (Å²) in [4.78, 5) is 27.6. The number of ether oxygens (including phenoxy) is 1. The van der Waals surface area contributed by atoms with Gasteiger partial charge in [0.05, 0.1) is 23.9 Å². The predicted octanol–water partition coefficient (Wildman–Crippen LogP) is 3.34. The van der Waals surface area contributed by atoms with Gasteiger partial charge in [0.25, 0.3) is 5.91 Å². The van der Waals surface area contributed by atoms with E-state index >= 15 is 0 Å². The summed E-state index contributed by atoms with van der Waals surface area (Å²) in [6.45, 7) is 4.11. The Balaban J connectivity index is 1.86. The molecule has 5 heteroatoms. The SMILES string of the molecule is CCOC(=O)[C@@]12CC[C@@H](c3ccc(C)cc3)N1c1ccccc1C(=O)N2. The predicted molar refractivity (Wildman–Crippen MR) is 98.9 cm³/mol. The first-order valence-electron chi connectivity index (χ1n) is 9.01. The van der Waals surface area contributed by atoms with Crippen LogP contribution in [0.15, 0.2) is 48.5 Å². The Labute approximate surface area is 153 Å². The Morgan fingerprint density at radius 1 is 1.23 bits per heavy atom. The number of hydrogen-bond donors (Lipinski definition) is 1. The fourth-order valence-corrected chi connectivity index (χ4v) is 4.09. The monoisotopic (exact) mass is 350 g/mol. The molecular formula is C21H22N2O3. The normalized spacial score (nSPS) is 23.8. The van der Waals surface area contributed by atoms with Crippen molar-refractivity contribution in [2.45, 2.75) is 38.4 Å². The molecule has 0 spiro atoms. The summed E-state index contributed by atoms with van der Waals surface area (Å²) in [5.74, 6) is -0.619. The van der Waals surface area contributed by atoms with Gasteiger partial charge >= 0.3 is 5.97 Å². The highest BCUT2D eigenvalue weighted by atomic mass is 16.5. The van der Waals surface area contributed by atoms with Gasteiger partial charge < -0.3 is 15.0 Å². The van der Waals surface area contributed by atoms with Crippen LogP contribution in [0.1, 0.15) is 47.3 Å². The lowest BCUT2D eigenvalue weighted by atomic mass is 9.99. The summed E-state index contributed by atoms with van der Waals surface area (Å²) < 4.78 is 5.36. The van der Waals surface area contributed by atoms with Gasteiger partial charge in [0.2, 0.25) is 5.66 Å². The number of carbonyl (C=O) groups is 2. The molecule has 0 unspecified atom stereocenters. The summed E-state index contributed by atoms with van der Waals surface area (Å²) in [6, 6.07) is 15.8. The first-order chi connectivity index (χ1) is 12.6. The van der Waals surface area contributed by atoms with E-state index in [1.807, 2.05) is 23.1 Å². The van der Waals surface area contributed by atoms with Crippen molar-refractivity contribution in [3.05, 3.63) is 65.2 Å². The van der Waals surface area contributed by atoms with Crippen molar-refractivity contribution >= 4 is 17.6 Å². The average Bonchev–Trinajstić information content (AvgIpc) is 3.04. The number of rotatable bonds is 3.